The topological polar surface area (TPSA) is 39.9 Å². The number of nitrogens with zero attached hydrogens (tertiary/aromatic N) is 3. The van der Waals surface area contributed by atoms with Crippen LogP contribution in [0.25, 0.3) is 32.6 Å². The number of halogens is 1. The fraction of sp³-hybridized carbons (Fsp3) is 0.111. The molecule has 4 aromatic rings. The highest BCUT2D eigenvalue weighted by atomic mass is 32.1. The number of aromatic nitrogens is 3. The summed E-state index contributed by atoms with van der Waals surface area (Å²) in [7, 11) is 0. The third-order valence-corrected chi connectivity index (χ3v) is 4.98. The Bertz CT molecular complexity index is 1050. The summed E-state index contributed by atoms with van der Waals surface area (Å²) < 4.78 is 22.1. The largest absolute Gasteiger partial charge is 0.475 e. The van der Waals surface area contributed by atoms with Crippen LogP contribution in [0.4, 0.5) is 4.39 Å². The quantitative estimate of drug-likeness (QED) is 0.546. The lowest BCUT2D eigenvalue weighted by molar-refractivity contribution is 0.358. The van der Waals surface area contributed by atoms with Crippen molar-refractivity contribution in [2.75, 3.05) is 6.61 Å². The maximum atomic E-state index is 13.3. The molecule has 0 radical (unpaired) electrons. The Morgan fingerprint density at radius 3 is 2.79 bits per heavy atom. The van der Waals surface area contributed by atoms with Crippen LogP contribution in [-0.2, 0) is 6.54 Å². The van der Waals surface area contributed by atoms with Crippen LogP contribution in [0.5, 0.6) is 5.88 Å². The van der Waals surface area contributed by atoms with Gasteiger partial charge in [-0.1, -0.05) is 6.07 Å². The van der Waals surface area contributed by atoms with Gasteiger partial charge in [0.05, 0.1) is 27.8 Å². The summed E-state index contributed by atoms with van der Waals surface area (Å²) in [6.45, 7) is 1.36. The first-order chi connectivity index (χ1) is 11.8. The van der Waals surface area contributed by atoms with E-state index in [1.807, 2.05) is 22.3 Å². The van der Waals surface area contributed by atoms with Crippen LogP contribution < -0.4 is 4.74 Å². The Balaban J connectivity index is 1.75. The summed E-state index contributed by atoms with van der Waals surface area (Å²) in [6, 6.07) is 12.6. The predicted octanol–water partition coefficient (Wildman–Crippen LogP) is 4.36. The molecule has 5 rings (SSSR count). The van der Waals surface area contributed by atoms with Crippen LogP contribution in [0.15, 0.2) is 48.0 Å². The number of hydrogen-bond donors (Lipinski definition) is 0. The zero-order chi connectivity index (χ0) is 16.1. The van der Waals surface area contributed by atoms with Crippen molar-refractivity contribution >= 4 is 21.6 Å². The number of ether oxygens (including phenoxy) is 1. The second-order valence-electron chi connectivity index (χ2n) is 5.64. The van der Waals surface area contributed by atoms with Crippen molar-refractivity contribution in [2.45, 2.75) is 6.54 Å². The normalized spacial score (nSPS) is 13.2. The van der Waals surface area contributed by atoms with Gasteiger partial charge in [-0.25, -0.2) is 14.1 Å². The van der Waals surface area contributed by atoms with Crippen LogP contribution in [0.2, 0.25) is 0 Å². The van der Waals surface area contributed by atoms with Gasteiger partial charge in [-0.2, -0.15) is 5.10 Å². The van der Waals surface area contributed by atoms with E-state index in [0.717, 1.165) is 45.0 Å². The molecule has 3 heterocycles. The highest BCUT2D eigenvalue weighted by Crippen LogP contribution is 2.42. The Morgan fingerprint density at radius 2 is 1.92 bits per heavy atom. The highest BCUT2D eigenvalue weighted by molar-refractivity contribution is 7.16. The summed E-state index contributed by atoms with van der Waals surface area (Å²) in [5, 5.41) is 4.69. The lowest BCUT2D eigenvalue weighted by Crippen LogP contribution is -1.96. The molecule has 1 aliphatic rings. The molecule has 0 spiro atoms. The zero-order valence-electron chi connectivity index (χ0n) is 12.6. The third-order valence-electron chi connectivity index (χ3n) is 4.19. The second kappa shape index (κ2) is 5.14. The minimum Gasteiger partial charge on any atom is -0.475 e. The van der Waals surface area contributed by atoms with E-state index in [1.165, 1.54) is 12.1 Å². The van der Waals surface area contributed by atoms with Crippen molar-refractivity contribution in [3.05, 3.63) is 53.8 Å². The molecule has 0 amide bonds. The fourth-order valence-electron chi connectivity index (χ4n) is 3.05. The van der Waals surface area contributed by atoms with E-state index < -0.39 is 0 Å². The van der Waals surface area contributed by atoms with Crippen molar-refractivity contribution in [1.29, 1.82) is 0 Å². The van der Waals surface area contributed by atoms with Gasteiger partial charge in [0.2, 0.25) is 5.88 Å². The molecule has 0 aliphatic carbocycles. The Morgan fingerprint density at radius 1 is 1.08 bits per heavy atom. The molecule has 2 aromatic carbocycles. The van der Waals surface area contributed by atoms with Gasteiger partial charge in [0.1, 0.15) is 18.1 Å². The first-order valence-corrected chi connectivity index (χ1v) is 8.51. The van der Waals surface area contributed by atoms with Crippen LogP contribution in [0.3, 0.4) is 0 Å². The summed E-state index contributed by atoms with van der Waals surface area (Å²) in [5.74, 6) is 0.521. The minimum absolute atomic E-state index is 0.255. The molecule has 0 N–H and O–H groups in total. The van der Waals surface area contributed by atoms with E-state index in [9.17, 15) is 4.39 Å². The third kappa shape index (κ3) is 2.03. The van der Waals surface area contributed by atoms with Gasteiger partial charge in [0.15, 0.2) is 0 Å². The lowest BCUT2D eigenvalue weighted by atomic mass is 10.0. The minimum atomic E-state index is -0.255. The van der Waals surface area contributed by atoms with Crippen LogP contribution in [-0.4, -0.2) is 21.4 Å². The average Bonchev–Trinajstić information content (AvgIpc) is 3.29. The van der Waals surface area contributed by atoms with E-state index in [2.05, 4.69) is 11.1 Å². The van der Waals surface area contributed by atoms with E-state index in [4.69, 9.17) is 9.84 Å². The second-order valence-corrected chi connectivity index (χ2v) is 6.53. The number of thiazole rings is 1. The average molecular weight is 337 g/mol. The first kappa shape index (κ1) is 13.7. The number of benzene rings is 2. The maximum absolute atomic E-state index is 13.3. The summed E-state index contributed by atoms with van der Waals surface area (Å²) >= 11 is 1.61. The van der Waals surface area contributed by atoms with Gasteiger partial charge < -0.3 is 4.74 Å². The summed E-state index contributed by atoms with van der Waals surface area (Å²) in [6.07, 6.45) is 0. The Labute approximate surface area is 141 Å². The molecule has 24 heavy (non-hydrogen) atoms. The molecule has 0 saturated carbocycles. The van der Waals surface area contributed by atoms with E-state index in [0.29, 0.717) is 6.61 Å². The van der Waals surface area contributed by atoms with E-state index in [-0.39, 0.29) is 5.82 Å². The molecule has 4 nitrogen and oxygen atoms in total. The molecule has 0 bridgehead atoms. The van der Waals surface area contributed by atoms with Crippen molar-refractivity contribution < 1.29 is 9.13 Å². The monoisotopic (exact) mass is 337 g/mol. The molecule has 118 valence electrons. The first-order valence-electron chi connectivity index (χ1n) is 7.63. The van der Waals surface area contributed by atoms with Crippen LogP contribution >= 0.6 is 11.3 Å². The lowest BCUT2D eigenvalue weighted by Gasteiger charge is -2.06. The molecule has 2 aromatic heterocycles. The molecule has 1 aliphatic heterocycles. The number of fused-ring (bicyclic) bond motifs is 2. The van der Waals surface area contributed by atoms with Crippen molar-refractivity contribution in [2.24, 2.45) is 0 Å². The smallest absolute Gasteiger partial charge is 0.220 e. The molecule has 0 fully saturated rings. The fourth-order valence-corrected chi connectivity index (χ4v) is 3.77. The zero-order valence-corrected chi connectivity index (χ0v) is 13.4. The standard InChI is InChI=1S/C18H12FN3OS/c19-13-4-1-11(2-5-13)17-16(18-22(21-17)7-8-23-18)12-3-6-14-15(9-12)24-10-20-14/h1-6,9-10H,7-8H2. The van der Waals surface area contributed by atoms with Crippen LogP contribution in [0, 0.1) is 5.82 Å². The van der Waals surface area contributed by atoms with E-state index >= 15 is 0 Å². The van der Waals surface area contributed by atoms with E-state index in [1.54, 1.807) is 23.5 Å². The van der Waals surface area contributed by atoms with Crippen molar-refractivity contribution in [1.82, 2.24) is 14.8 Å². The SMILES string of the molecule is Fc1ccc(-c2nn3c(c2-c2ccc4ncsc4c2)OCC3)cc1. The summed E-state index contributed by atoms with van der Waals surface area (Å²) in [4.78, 5) is 4.33. The molecular formula is C18H12FN3OS. The number of rotatable bonds is 2. The molecular weight excluding hydrogens is 325 g/mol. The van der Waals surface area contributed by atoms with Crippen LogP contribution in [0.1, 0.15) is 0 Å². The summed E-state index contributed by atoms with van der Waals surface area (Å²) in [5.41, 5.74) is 6.50. The Kier molecular flexibility index (Phi) is 2.93. The Hall–Kier alpha value is -2.73. The van der Waals surface area contributed by atoms with Crippen molar-refractivity contribution in [3.8, 4) is 28.3 Å². The highest BCUT2D eigenvalue weighted by Gasteiger charge is 2.25. The van der Waals surface area contributed by atoms with Gasteiger partial charge in [0.25, 0.3) is 0 Å². The van der Waals surface area contributed by atoms with Gasteiger partial charge in [-0.3, -0.25) is 0 Å². The van der Waals surface area contributed by atoms with Gasteiger partial charge in [-0.15, -0.1) is 11.3 Å². The molecule has 0 atom stereocenters. The van der Waals surface area contributed by atoms with Gasteiger partial charge in [0, 0.05) is 5.56 Å². The molecule has 0 unspecified atom stereocenters. The molecule has 6 heteroatoms. The van der Waals surface area contributed by atoms with Gasteiger partial charge in [-0.05, 0) is 42.0 Å². The van der Waals surface area contributed by atoms with Crippen molar-refractivity contribution in [3.63, 3.8) is 0 Å². The van der Waals surface area contributed by atoms with Gasteiger partial charge >= 0.3 is 0 Å². The predicted molar refractivity (Wildman–Crippen MR) is 91.7 cm³/mol. The number of hydrogen-bond acceptors (Lipinski definition) is 4. The molecule has 0 saturated heterocycles. The maximum Gasteiger partial charge on any atom is 0.220 e.